The van der Waals surface area contributed by atoms with E-state index in [1.54, 1.807) is 0 Å². The SMILES string of the molecule is O=C(CCO)NCc1ccc(-c2ccccc2)cc1. The van der Waals surface area contributed by atoms with Crippen LogP contribution in [0.15, 0.2) is 54.6 Å². The summed E-state index contributed by atoms with van der Waals surface area (Å²) in [6.45, 7) is 0.382. The molecule has 0 aromatic heterocycles. The van der Waals surface area contributed by atoms with Gasteiger partial charge in [-0.05, 0) is 16.7 Å². The zero-order valence-corrected chi connectivity index (χ0v) is 10.7. The quantitative estimate of drug-likeness (QED) is 0.861. The molecule has 2 rings (SSSR count). The van der Waals surface area contributed by atoms with Crippen LogP contribution in [0.2, 0.25) is 0 Å². The zero-order valence-electron chi connectivity index (χ0n) is 10.7. The molecule has 0 saturated carbocycles. The van der Waals surface area contributed by atoms with E-state index in [2.05, 4.69) is 17.4 Å². The second-order valence-electron chi connectivity index (χ2n) is 4.31. The minimum Gasteiger partial charge on any atom is -0.396 e. The molecule has 0 radical (unpaired) electrons. The third-order valence-electron chi connectivity index (χ3n) is 2.89. The van der Waals surface area contributed by atoms with Gasteiger partial charge in [-0.2, -0.15) is 0 Å². The van der Waals surface area contributed by atoms with Crippen LogP contribution >= 0.6 is 0 Å². The Hall–Kier alpha value is -2.13. The average molecular weight is 255 g/mol. The highest BCUT2D eigenvalue weighted by molar-refractivity contribution is 5.76. The minimum absolute atomic E-state index is 0.112. The number of hydrogen-bond acceptors (Lipinski definition) is 2. The lowest BCUT2D eigenvalue weighted by Gasteiger charge is -2.06. The topological polar surface area (TPSA) is 49.3 Å². The van der Waals surface area contributed by atoms with Crippen molar-refractivity contribution in [1.29, 1.82) is 0 Å². The summed E-state index contributed by atoms with van der Waals surface area (Å²) in [7, 11) is 0. The van der Waals surface area contributed by atoms with Gasteiger partial charge >= 0.3 is 0 Å². The predicted octanol–water partition coefficient (Wildman–Crippen LogP) is 2.35. The van der Waals surface area contributed by atoms with E-state index in [1.807, 2.05) is 42.5 Å². The fraction of sp³-hybridized carbons (Fsp3) is 0.188. The summed E-state index contributed by atoms with van der Waals surface area (Å²) >= 11 is 0. The Kier molecular flexibility index (Phi) is 4.70. The van der Waals surface area contributed by atoms with Crippen molar-refractivity contribution in [2.45, 2.75) is 13.0 Å². The molecule has 3 nitrogen and oxygen atoms in total. The van der Waals surface area contributed by atoms with Crippen molar-refractivity contribution < 1.29 is 9.90 Å². The standard InChI is InChI=1S/C16H17NO2/c18-11-10-16(19)17-12-13-6-8-15(9-7-13)14-4-2-1-3-5-14/h1-9,18H,10-12H2,(H,17,19). The molecule has 19 heavy (non-hydrogen) atoms. The van der Waals surface area contributed by atoms with Crippen LogP contribution in [0.25, 0.3) is 11.1 Å². The summed E-state index contributed by atoms with van der Waals surface area (Å²) in [4.78, 5) is 11.2. The predicted molar refractivity (Wildman–Crippen MR) is 75.4 cm³/mol. The Morgan fingerprint density at radius 3 is 2.21 bits per heavy atom. The van der Waals surface area contributed by atoms with E-state index >= 15 is 0 Å². The molecular weight excluding hydrogens is 238 g/mol. The Morgan fingerprint density at radius 1 is 0.947 bits per heavy atom. The van der Waals surface area contributed by atoms with E-state index < -0.39 is 0 Å². The molecule has 0 aliphatic carbocycles. The molecule has 3 heteroatoms. The van der Waals surface area contributed by atoms with E-state index in [0.717, 1.165) is 11.1 Å². The second-order valence-corrected chi connectivity index (χ2v) is 4.31. The fourth-order valence-electron chi connectivity index (χ4n) is 1.84. The number of carbonyl (C=O) groups is 1. The number of aliphatic hydroxyl groups is 1. The van der Waals surface area contributed by atoms with Gasteiger partial charge in [0.2, 0.25) is 5.91 Å². The average Bonchev–Trinajstić information content (AvgIpc) is 2.47. The van der Waals surface area contributed by atoms with Gasteiger partial charge in [0.05, 0.1) is 6.61 Å². The summed E-state index contributed by atoms with van der Waals surface area (Å²) in [5.74, 6) is -0.130. The highest BCUT2D eigenvalue weighted by Gasteiger charge is 2.01. The number of nitrogens with one attached hydrogen (secondary N) is 1. The van der Waals surface area contributed by atoms with Crippen molar-refractivity contribution in [3.05, 3.63) is 60.2 Å². The normalized spacial score (nSPS) is 10.2. The van der Waals surface area contributed by atoms with Crippen LogP contribution in [0.4, 0.5) is 0 Å². The lowest BCUT2D eigenvalue weighted by molar-refractivity contribution is -0.121. The van der Waals surface area contributed by atoms with Gasteiger partial charge in [-0.3, -0.25) is 4.79 Å². The summed E-state index contributed by atoms with van der Waals surface area (Å²) in [6.07, 6.45) is 0.155. The number of rotatable bonds is 5. The van der Waals surface area contributed by atoms with Crippen LogP contribution in [0, 0.1) is 0 Å². The molecule has 98 valence electrons. The molecule has 2 N–H and O–H groups in total. The first-order valence-electron chi connectivity index (χ1n) is 6.31. The van der Waals surface area contributed by atoms with E-state index in [4.69, 9.17) is 5.11 Å². The first-order chi connectivity index (χ1) is 9.29. The minimum atomic E-state index is -0.130. The van der Waals surface area contributed by atoms with Crippen LogP contribution in [0.5, 0.6) is 0 Å². The number of aliphatic hydroxyl groups excluding tert-OH is 1. The largest absolute Gasteiger partial charge is 0.396 e. The maximum atomic E-state index is 11.2. The first kappa shape index (κ1) is 13.3. The van der Waals surface area contributed by atoms with Crippen molar-refractivity contribution in [3.63, 3.8) is 0 Å². The number of benzene rings is 2. The third-order valence-corrected chi connectivity index (χ3v) is 2.89. The molecule has 0 spiro atoms. The van der Waals surface area contributed by atoms with Crippen molar-refractivity contribution >= 4 is 5.91 Å². The zero-order chi connectivity index (χ0) is 13.5. The molecule has 0 fully saturated rings. The van der Waals surface area contributed by atoms with Crippen LogP contribution in [0.1, 0.15) is 12.0 Å². The summed E-state index contributed by atoms with van der Waals surface area (Å²) < 4.78 is 0. The van der Waals surface area contributed by atoms with Crippen molar-refractivity contribution in [2.24, 2.45) is 0 Å². The van der Waals surface area contributed by atoms with Gasteiger partial charge in [0.25, 0.3) is 0 Å². The highest BCUT2D eigenvalue weighted by atomic mass is 16.3. The van der Waals surface area contributed by atoms with Gasteiger partial charge in [-0.1, -0.05) is 54.6 Å². The highest BCUT2D eigenvalue weighted by Crippen LogP contribution is 2.19. The Labute approximate surface area is 112 Å². The summed E-state index contributed by atoms with van der Waals surface area (Å²) in [5, 5.41) is 11.4. The molecule has 0 heterocycles. The van der Waals surface area contributed by atoms with Gasteiger partial charge in [0.15, 0.2) is 0 Å². The van der Waals surface area contributed by atoms with Crippen molar-refractivity contribution in [1.82, 2.24) is 5.32 Å². The number of hydrogen-bond donors (Lipinski definition) is 2. The van der Waals surface area contributed by atoms with Crippen LogP contribution in [-0.4, -0.2) is 17.6 Å². The molecule has 2 aromatic rings. The molecule has 0 saturated heterocycles. The Balaban J connectivity index is 1.97. The summed E-state index contributed by atoms with van der Waals surface area (Å²) in [5.41, 5.74) is 3.38. The van der Waals surface area contributed by atoms with Crippen LogP contribution in [0.3, 0.4) is 0 Å². The summed E-state index contributed by atoms with van der Waals surface area (Å²) in [6, 6.07) is 18.2. The van der Waals surface area contributed by atoms with E-state index in [0.29, 0.717) is 6.54 Å². The maximum absolute atomic E-state index is 11.2. The maximum Gasteiger partial charge on any atom is 0.222 e. The van der Waals surface area contributed by atoms with E-state index in [9.17, 15) is 4.79 Å². The van der Waals surface area contributed by atoms with E-state index in [-0.39, 0.29) is 18.9 Å². The number of amides is 1. The molecule has 0 bridgehead atoms. The van der Waals surface area contributed by atoms with Gasteiger partial charge in [0.1, 0.15) is 0 Å². The lowest BCUT2D eigenvalue weighted by Crippen LogP contribution is -2.23. The molecule has 1 amide bonds. The fourth-order valence-corrected chi connectivity index (χ4v) is 1.84. The Bertz CT molecular complexity index is 520. The Morgan fingerprint density at radius 2 is 1.58 bits per heavy atom. The van der Waals surface area contributed by atoms with Crippen LogP contribution < -0.4 is 5.32 Å². The molecule has 0 unspecified atom stereocenters. The number of carbonyl (C=O) groups excluding carboxylic acids is 1. The molecule has 0 aliphatic heterocycles. The molecular formula is C16H17NO2. The van der Waals surface area contributed by atoms with Crippen LogP contribution in [-0.2, 0) is 11.3 Å². The van der Waals surface area contributed by atoms with Gasteiger partial charge in [0, 0.05) is 13.0 Å². The smallest absolute Gasteiger partial charge is 0.222 e. The molecule has 0 aliphatic rings. The van der Waals surface area contributed by atoms with Gasteiger partial charge in [-0.25, -0.2) is 0 Å². The van der Waals surface area contributed by atoms with Crippen molar-refractivity contribution in [3.8, 4) is 11.1 Å². The molecule has 0 atom stereocenters. The molecule has 2 aromatic carbocycles. The van der Waals surface area contributed by atoms with Gasteiger partial charge < -0.3 is 10.4 Å². The third kappa shape index (κ3) is 3.93. The monoisotopic (exact) mass is 255 g/mol. The van der Waals surface area contributed by atoms with E-state index in [1.165, 1.54) is 5.56 Å². The lowest BCUT2D eigenvalue weighted by atomic mass is 10.0. The van der Waals surface area contributed by atoms with Gasteiger partial charge in [-0.15, -0.1) is 0 Å². The first-order valence-corrected chi connectivity index (χ1v) is 6.31. The van der Waals surface area contributed by atoms with Crippen molar-refractivity contribution in [2.75, 3.05) is 6.61 Å². The second kappa shape index (κ2) is 6.71.